The van der Waals surface area contributed by atoms with E-state index in [2.05, 4.69) is 51.1 Å². The van der Waals surface area contributed by atoms with Crippen molar-refractivity contribution in [3.8, 4) is 5.75 Å². The van der Waals surface area contributed by atoms with Crippen LogP contribution in [0.5, 0.6) is 5.75 Å². The molecule has 1 nitrogen and oxygen atoms in total. The minimum atomic E-state index is 0.354. The lowest BCUT2D eigenvalue weighted by atomic mass is 9.88. The molecule has 0 unspecified atom stereocenters. The standard InChI is InChI=1S/C19H24O/c1-19(2,3)14-13-17-11-7-8-12-18(17)20-15-16-9-5-4-6-10-16/h4-12H,13-15H2,1-3H3. The average molecular weight is 268 g/mol. The highest BCUT2D eigenvalue weighted by molar-refractivity contribution is 5.33. The Morgan fingerprint density at radius 2 is 1.50 bits per heavy atom. The van der Waals surface area contributed by atoms with Gasteiger partial charge in [0.25, 0.3) is 0 Å². The Bertz CT molecular complexity index is 523. The number of rotatable bonds is 5. The van der Waals surface area contributed by atoms with Crippen LogP contribution in [0.25, 0.3) is 0 Å². The molecule has 2 rings (SSSR count). The summed E-state index contributed by atoms with van der Waals surface area (Å²) in [6.45, 7) is 7.47. The molecule has 0 atom stereocenters. The second-order valence-corrected chi connectivity index (χ2v) is 6.44. The second-order valence-electron chi connectivity index (χ2n) is 6.44. The Morgan fingerprint density at radius 1 is 0.850 bits per heavy atom. The molecular weight excluding hydrogens is 244 g/mol. The molecular formula is C19H24O. The van der Waals surface area contributed by atoms with E-state index in [1.807, 2.05) is 24.3 Å². The van der Waals surface area contributed by atoms with Gasteiger partial charge in [0.15, 0.2) is 0 Å². The monoisotopic (exact) mass is 268 g/mol. The van der Waals surface area contributed by atoms with Crippen molar-refractivity contribution < 1.29 is 4.74 Å². The predicted molar refractivity (Wildman–Crippen MR) is 85.0 cm³/mol. The Hall–Kier alpha value is -1.76. The van der Waals surface area contributed by atoms with Gasteiger partial charge in [0, 0.05) is 0 Å². The van der Waals surface area contributed by atoms with Crippen molar-refractivity contribution in [3.63, 3.8) is 0 Å². The van der Waals surface area contributed by atoms with Gasteiger partial charge < -0.3 is 4.74 Å². The molecule has 0 amide bonds. The van der Waals surface area contributed by atoms with Gasteiger partial charge in [0.05, 0.1) is 0 Å². The van der Waals surface area contributed by atoms with Gasteiger partial charge in [-0.25, -0.2) is 0 Å². The summed E-state index contributed by atoms with van der Waals surface area (Å²) in [6.07, 6.45) is 2.23. The third-order valence-electron chi connectivity index (χ3n) is 3.35. The third kappa shape index (κ3) is 4.73. The zero-order valence-corrected chi connectivity index (χ0v) is 12.7. The molecule has 2 aromatic carbocycles. The van der Waals surface area contributed by atoms with Crippen LogP contribution in [0.15, 0.2) is 54.6 Å². The van der Waals surface area contributed by atoms with E-state index in [1.165, 1.54) is 17.5 Å². The molecule has 1 heteroatoms. The number of ether oxygens (including phenoxy) is 1. The van der Waals surface area contributed by atoms with Gasteiger partial charge in [0.1, 0.15) is 12.4 Å². The first-order valence-corrected chi connectivity index (χ1v) is 7.29. The first-order valence-electron chi connectivity index (χ1n) is 7.29. The molecule has 0 aliphatic rings. The summed E-state index contributed by atoms with van der Waals surface area (Å²) in [4.78, 5) is 0. The molecule has 0 saturated heterocycles. The lowest BCUT2D eigenvalue weighted by Gasteiger charge is -2.19. The van der Waals surface area contributed by atoms with Gasteiger partial charge in [-0.2, -0.15) is 0 Å². The van der Waals surface area contributed by atoms with Crippen molar-refractivity contribution >= 4 is 0 Å². The van der Waals surface area contributed by atoms with Crippen LogP contribution in [0.1, 0.15) is 38.3 Å². The second kappa shape index (κ2) is 6.60. The fraction of sp³-hybridized carbons (Fsp3) is 0.368. The highest BCUT2D eigenvalue weighted by Gasteiger charge is 2.12. The molecule has 0 aromatic heterocycles. The maximum absolute atomic E-state index is 5.99. The van der Waals surface area contributed by atoms with Crippen LogP contribution >= 0.6 is 0 Å². The summed E-state index contributed by atoms with van der Waals surface area (Å²) in [5, 5.41) is 0. The molecule has 20 heavy (non-hydrogen) atoms. The number of hydrogen-bond donors (Lipinski definition) is 0. The summed E-state index contributed by atoms with van der Waals surface area (Å²) in [5.41, 5.74) is 2.86. The molecule has 0 N–H and O–H groups in total. The van der Waals surface area contributed by atoms with Crippen LogP contribution in [0.2, 0.25) is 0 Å². The fourth-order valence-electron chi connectivity index (χ4n) is 2.10. The molecule has 0 aliphatic carbocycles. The van der Waals surface area contributed by atoms with E-state index in [0.717, 1.165) is 12.2 Å². The van der Waals surface area contributed by atoms with Crippen LogP contribution < -0.4 is 4.74 Å². The Labute approximate surface area is 122 Å². The molecule has 0 aliphatic heterocycles. The van der Waals surface area contributed by atoms with Crippen molar-refractivity contribution in [1.29, 1.82) is 0 Å². The largest absolute Gasteiger partial charge is 0.489 e. The summed E-state index contributed by atoms with van der Waals surface area (Å²) in [6, 6.07) is 18.7. The van der Waals surface area contributed by atoms with Crippen LogP contribution in [-0.2, 0) is 13.0 Å². The van der Waals surface area contributed by atoms with Gasteiger partial charge >= 0.3 is 0 Å². The minimum absolute atomic E-state index is 0.354. The predicted octanol–water partition coefficient (Wildman–Crippen LogP) is 5.24. The minimum Gasteiger partial charge on any atom is -0.489 e. The summed E-state index contributed by atoms with van der Waals surface area (Å²) >= 11 is 0. The third-order valence-corrected chi connectivity index (χ3v) is 3.35. The first kappa shape index (κ1) is 14.6. The van der Waals surface area contributed by atoms with E-state index in [9.17, 15) is 0 Å². The maximum atomic E-state index is 5.99. The van der Waals surface area contributed by atoms with Crippen molar-refractivity contribution in [2.24, 2.45) is 5.41 Å². The quantitative estimate of drug-likeness (QED) is 0.720. The smallest absolute Gasteiger partial charge is 0.122 e. The molecule has 0 heterocycles. The van der Waals surface area contributed by atoms with Crippen molar-refractivity contribution in [2.75, 3.05) is 0 Å². The van der Waals surface area contributed by atoms with E-state index >= 15 is 0 Å². The van der Waals surface area contributed by atoms with Crippen LogP contribution in [0, 0.1) is 5.41 Å². The molecule has 0 fully saturated rings. The topological polar surface area (TPSA) is 9.23 Å². The highest BCUT2D eigenvalue weighted by Crippen LogP contribution is 2.26. The SMILES string of the molecule is CC(C)(C)CCc1ccccc1OCc1ccccc1. The molecule has 0 spiro atoms. The van der Waals surface area contributed by atoms with E-state index < -0.39 is 0 Å². The summed E-state index contributed by atoms with van der Waals surface area (Å²) < 4.78 is 5.99. The van der Waals surface area contributed by atoms with Crippen molar-refractivity contribution in [3.05, 3.63) is 65.7 Å². The van der Waals surface area contributed by atoms with Gasteiger partial charge in [0.2, 0.25) is 0 Å². The Morgan fingerprint density at radius 3 is 2.20 bits per heavy atom. The van der Waals surface area contributed by atoms with Crippen molar-refractivity contribution in [1.82, 2.24) is 0 Å². The summed E-state index contributed by atoms with van der Waals surface area (Å²) in [5.74, 6) is 1.01. The zero-order chi connectivity index (χ0) is 14.4. The highest BCUT2D eigenvalue weighted by atomic mass is 16.5. The Balaban J connectivity index is 2.01. The van der Waals surface area contributed by atoms with Gasteiger partial charge in [-0.1, -0.05) is 69.3 Å². The molecule has 106 valence electrons. The Kier molecular flexibility index (Phi) is 4.84. The number of para-hydroxylation sites is 1. The number of benzene rings is 2. The van der Waals surface area contributed by atoms with Gasteiger partial charge in [-0.15, -0.1) is 0 Å². The molecule has 2 aromatic rings. The fourth-order valence-corrected chi connectivity index (χ4v) is 2.10. The number of hydrogen-bond acceptors (Lipinski definition) is 1. The first-order chi connectivity index (χ1) is 9.54. The van der Waals surface area contributed by atoms with Gasteiger partial charge in [-0.05, 0) is 35.4 Å². The van der Waals surface area contributed by atoms with Crippen LogP contribution in [0.4, 0.5) is 0 Å². The maximum Gasteiger partial charge on any atom is 0.122 e. The average Bonchev–Trinajstić information content (AvgIpc) is 2.44. The summed E-state index contributed by atoms with van der Waals surface area (Å²) in [7, 11) is 0. The van der Waals surface area contributed by atoms with Gasteiger partial charge in [-0.3, -0.25) is 0 Å². The van der Waals surface area contributed by atoms with Crippen molar-refractivity contribution in [2.45, 2.75) is 40.2 Å². The molecule has 0 radical (unpaired) electrons. The normalized spacial score (nSPS) is 11.3. The van der Waals surface area contributed by atoms with Crippen LogP contribution in [-0.4, -0.2) is 0 Å². The number of aryl methyl sites for hydroxylation is 1. The van der Waals surface area contributed by atoms with E-state index in [4.69, 9.17) is 4.74 Å². The molecule has 0 bridgehead atoms. The molecule has 0 saturated carbocycles. The van der Waals surface area contributed by atoms with E-state index in [1.54, 1.807) is 0 Å². The van der Waals surface area contributed by atoms with E-state index in [0.29, 0.717) is 12.0 Å². The van der Waals surface area contributed by atoms with Crippen LogP contribution in [0.3, 0.4) is 0 Å². The lowest BCUT2D eigenvalue weighted by Crippen LogP contribution is -2.07. The zero-order valence-electron chi connectivity index (χ0n) is 12.7. The lowest BCUT2D eigenvalue weighted by molar-refractivity contribution is 0.300. The van der Waals surface area contributed by atoms with E-state index in [-0.39, 0.29) is 0 Å².